The SMILES string of the molecule is COCCS(=O)(=O)Nc1ccccc1OCC#N. The predicted octanol–water partition coefficient (Wildman–Crippen LogP) is 0.977. The van der Waals surface area contributed by atoms with E-state index in [9.17, 15) is 8.42 Å². The molecule has 0 fully saturated rings. The van der Waals surface area contributed by atoms with E-state index in [1.165, 1.54) is 7.11 Å². The second kappa shape index (κ2) is 6.83. The van der Waals surface area contributed by atoms with Crippen molar-refractivity contribution >= 4 is 15.7 Å². The highest BCUT2D eigenvalue weighted by atomic mass is 32.2. The van der Waals surface area contributed by atoms with Crippen LogP contribution in [-0.2, 0) is 14.8 Å². The van der Waals surface area contributed by atoms with Crippen LogP contribution < -0.4 is 9.46 Å². The van der Waals surface area contributed by atoms with Crippen LogP contribution in [0.1, 0.15) is 0 Å². The van der Waals surface area contributed by atoms with Gasteiger partial charge in [-0.25, -0.2) is 8.42 Å². The van der Waals surface area contributed by atoms with Crippen molar-refractivity contribution in [2.75, 3.05) is 30.8 Å². The molecule has 1 aromatic rings. The van der Waals surface area contributed by atoms with Crippen LogP contribution in [0.2, 0.25) is 0 Å². The average Bonchev–Trinajstić information content (AvgIpc) is 2.35. The molecular formula is C11H14N2O4S. The van der Waals surface area contributed by atoms with Crippen LogP contribution >= 0.6 is 0 Å². The van der Waals surface area contributed by atoms with Gasteiger partial charge in [-0.3, -0.25) is 4.72 Å². The molecule has 0 spiro atoms. The number of nitriles is 1. The zero-order valence-electron chi connectivity index (χ0n) is 9.92. The highest BCUT2D eigenvalue weighted by molar-refractivity contribution is 7.92. The van der Waals surface area contributed by atoms with E-state index in [0.717, 1.165) is 0 Å². The first-order valence-electron chi connectivity index (χ1n) is 5.17. The van der Waals surface area contributed by atoms with Gasteiger partial charge in [-0.05, 0) is 12.1 Å². The van der Waals surface area contributed by atoms with E-state index in [1.54, 1.807) is 24.3 Å². The monoisotopic (exact) mass is 270 g/mol. The second-order valence-corrected chi connectivity index (χ2v) is 5.20. The predicted molar refractivity (Wildman–Crippen MR) is 66.8 cm³/mol. The first-order valence-corrected chi connectivity index (χ1v) is 6.82. The summed E-state index contributed by atoms with van der Waals surface area (Å²) in [4.78, 5) is 0. The summed E-state index contributed by atoms with van der Waals surface area (Å²) in [5.41, 5.74) is 0.309. The molecule has 1 aromatic carbocycles. The van der Waals surface area contributed by atoms with Crippen molar-refractivity contribution in [3.63, 3.8) is 0 Å². The Balaban J connectivity index is 2.80. The summed E-state index contributed by atoms with van der Waals surface area (Å²) in [5, 5.41) is 8.44. The van der Waals surface area contributed by atoms with E-state index in [0.29, 0.717) is 11.4 Å². The van der Waals surface area contributed by atoms with Crippen LogP contribution in [0.4, 0.5) is 5.69 Å². The number of ether oxygens (including phenoxy) is 2. The lowest BCUT2D eigenvalue weighted by atomic mass is 10.3. The summed E-state index contributed by atoms with van der Waals surface area (Å²) in [5.74, 6) is 0.177. The van der Waals surface area contributed by atoms with E-state index in [1.807, 2.05) is 6.07 Å². The Bertz CT molecular complexity index is 522. The molecule has 0 radical (unpaired) electrons. The molecule has 0 amide bonds. The second-order valence-electron chi connectivity index (χ2n) is 3.36. The topological polar surface area (TPSA) is 88.4 Å². The van der Waals surface area contributed by atoms with E-state index in [-0.39, 0.29) is 19.0 Å². The van der Waals surface area contributed by atoms with Crippen molar-refractivity contribution in [1.29, 1.82) is 5.26 Å². The molecule has 0 unspecified atom stereocenters. The minimum absolute atomic E-state index is 0.108. The van der Waals surface area contributed by atoms with Crippen LogP contribution in [-0.4, -0.2) is 34.5 Å². The molecular weight excluding hydrogens is 256 g/mol. The number of hydrogen-bond donors (Lipinski definition) is 1. The van der Waals surface area contributed by atoms with Crippen LogP contribution in [0, 0.1) is 11.3 Å². The number of para-hydroxylation sites is 2. The molecule has 0 heterocycles. The van der Waals surface area contributed by atoms with E-state index in [2.05, 4.69) is 4.72 Å². The third kappa shape index (κ3) is 4.61. The van der Waals surface area contributed by atoms with Gasteiger partial charge in [-0.1, -0.05) is 12.1 Å². The Morgan fingerprint density at radius 3 is 2.78 bits per heavy atom. The van der Waals surface area contributed by atoms with Crippen molar-refractivity contribution in [3.05, 3.63) is 24.3 Å². The number of benzene rings is 1. The van der Waals surface area contributed by atoms with Gasteiger partial charge in [-0.15, -0.1) is 0 Å². The van der Waals surface area contributed by atoms with Crippen LogP contribution in [0.15, 0.2) is 24.3 Å². The van der Waals surface area contributed by atoms with Crippen LogP contribution in [0.5, 0.6) is 5.75 Å². The summed E-state index contributed by atoms with van der Waals surface area (Å²) in [6, 6.07) is 8.34. The molecule has 0 atom stereocenters. The van der Waals surface area contributed by atoms with Crippen molar-refractivity contribution in [2.45, 2.75) is 0 Å². The Hall–Kier alpha value is -1.78. The van der Waals surface area contributed by atoms with Gasteiger partial charge >= 0.3 is 0 Å². The fourth-order valence-electron chi connectivity index (χ4n) is 1.20. The van der Waals surface area contributed by atoms with E-state index >= 15 is 0 Å². The highest BCUT2D eigenvalue weighted by Gasteiger charge is 2.13. The third-order valence-corrected chi connectivity index (χ3v) is 3.24. The summed E-state index contributed by atoms with van der Waals surface area (Å²) >= 11 is 0. The van der Waals surface area contributed by atoms with Crippen LogP contribution in [0.25, 0.3) is 0 Å². The molecule has 0 aliphatic carbocycles. The maximum Gasteiger partial charge on any atom is 0.235 e. The molecule has 0 saturated heterocycles. The Morgan fingerprint density at radius 2 is 2.11 bits per heavy atom. The normalized spacial score (nSPS) is 10.7. The van der Waals surface area contributed by atoms with E-state index in [4.69, 9.17) is 14.7 Å². The Morgan fingerprint density at radius 1 is 1.39 bits per heavy atom. The molecule has 0 aromatic heterocycles. The molecule has 1 N–H and O–H groups in total. The highest BCUT2D eigenvalue weighted by Crippen LogP contribution is 2.24. The van der Waals surface area contributed by atoms with Gasteiger partial charge in [0.25, 0.3) is 0 Å². The number of sulfonamides is 1. The maximum absolute atomic E-state index is 11.7. The van der Waals surface area contributed by atoms with Crippen molar-refractivity contribution in [2.24, 2.45) is 0 Å². The molecule has 0 bridgehead atoms. The maximum atomic E-state index is 11.7. The molecule has 98 valence electrons. The summed E-state index contributed by atoms with van der Waals surface area (Å²) in [6.07, 6.45) is 0. The molecule has 6 nitrogen and oxygen atoms in total. The lowest BCUT2D eigenvalue weighted by Crippen LogP contribution is -2.20. The molecule has 0 aliphatic rings. The third-order valence-electron chi connectivity index (χ3n) is 2.00. The molecule has 7 heteroatoms. The van der Waals surface area contributed by atoms with Gasteiger partial charge in [0.2, 0.25) is 10.0 Å². The fourth-order valence-corrected chi connectivity index (χ4v) is 2.19. The zero-order chi connectivity index (χ0) is 13.4. The summed E-state index contributed by atoms with van der Waals surface area (Å²) < 4.78 is 35.6. The van der Waals surface area contributed by atoms with Gasteiger partial charge in [0, 0.05) is 7.11 Å². The first kappa shape index (κ1) is 14.3. The summed E-state index contributed by atoms with van der Waals surface area (Å²) in [6.45, 7) is -0.0344. The standard InChI is InChI=1S/C11H14N2O4S/c1-16-8-9-18(14,15)13-10-4-2-3-5-11(10)17-7-6-12/h2-5,13H,7-9H2,1H3. The summed E-state index contributed by atoms with van der Waals surface area (Å²) in [7, 11) is -2.05. The Kier molecular flexibility index (Phi) is 5.42. The fraction of sp³-hybridized carbons (Fsp3) is 0.364. The van der Waals surface area contributed by atoms with Gasteiger partial charge in [0.1, 0.15) is 11.8 Å². The quantitative estimate of drug-likeness (QED) is 0.797. The van der Waals surface area contributed by atoms with Crippen molar-refractivity contribution in [1.82, 2.24) is 0 Å². The minimum atomic E-state index is -3.48. The number of hydrogen-bond acceptors (Lipinski definition) is 5. The number of methoxy groups -OCH3 is 1. The van der Waals surface area contributed by atoms with Gasteiger partial charge in [0.05, 0.1) is 18.0 Å². The zero-order valence-corrected chi connectivity index (χ0v) is 10.7. The molecule has 1 rings (SSSR count). The Labute approximate surface area is 106 Å². The number of anilines is 1. The lowest BCUT2D eigenvalue weighted by molar-refractivity contribution is 0.217. The van der Waals surface area contributed by atoms with Gasteiger partial charge < -0.3 is 9.47 Å². The lowest BCUT2D eigenvalue weighted by Gasteiger charge is -2.11. The molecule has 18 heavy (non-hydrogen) atoms. The number of nitrogens with one attached hydrogen (secondary N) is 1. The average molecular weight is 270 g/mol. The number of nitrogens with zero attached hydrogens (tertiary/aromatic N) is 1. The molecule has 0 aliphatic heterocycles. The van der Waals surface area contributed by atoms with Crippen LogP contribution in [0.3, 0.4) is 0 Å². The first-order chi connectivity index (χ1) is 8.59. The largest absolute Gasteiger partial charge is 0.477 e. The minimum Gasteiger partial charge on any atom is -0.477 e. The number of rotatable bonds is 7. The smallest absolute Gasteiger partial charge is 0.235 e. The van der Waals surface area contributed by atoms with E-state index < -0.39 is 10.0 Å². The molecule has 0 saturated carbocycles. The van der Waals surface area contributed by atoms with Crippen molar-refractivity contribution in [3.8, 4) is 11.8 Å². The van der Waals surface area contributed by atoms with Gasteiger partial charge in [-0.2, -0.15) is 5.26 Å². The van der Waals surface area contributed by atoms with Gasteiger partial charge in [0.15, 0.2) is 6.61 Å². The van der Waals surface area contributed by atoms with Crippen molar-refractivity contribution < 1.29 is 17.9 Å².